The van der Waals surface area contributed by atoms with Gasteiger partial charge < -0.3 is 15.4 Å². The van der Waals surface area contributed by atoms with Crippen LogP contribution in [0.1, 0.15) is 32.7 Å². The van der Waals surface area contributed by atoms with Gasteiger partial charge in [0.25, 0.3) is 0 Å². The number of ketones is 1. The first-order chi connectivity index (χ1) is 12.0. The highest BCUT2D eigenvalue weighted by Gasteiger charge is 2.09. The Morgan fingerprint density at radius 3 is 2.40 bits per heavy atom. The van der Waals surface area contributed by atoms with Crippen LogP contribution in [0, 0.1) is 6.92 Å². The van der Waals surface area contributed by atoms with Crippen LogP contribution in [0.15, 0.2) is 48.5 Å². The van der Waals surface area contributed by atoms with Gasteiger partial charge in [-0.25, -0.2) is 9.59 Å². The lowest BCUT2D eigenvalue weighted by atomic mass is 10.1. The van der Waals surface area contributed by atoms with Crippen LogP contribution in [0.4, 0.5) is 10.5 Å². The molecule has 0 aliphatic heterocycles. The molecule has 2 aromatic rings. The Hall–Kier alpha value is -3.15. The highest BCUT2D eigenvalue weighted by Crippen LogP contribution is 2.11. The van der Waals surface area contributed by atoms with Gasteiger partial charge >= 0.3 is 12.0 Å². The van der Waals surface area contributed by atoms with Crippen molar-refractivity contribution in [2.45, 2.75) is 13.3 Å². The predicted molar refractivity (Wildman–Crippen MR) is 94.9 cm³/mol. The number of urea groups is 1. The number of methoxy groups -OCH3 is 1. The fourth-order valence-electron chi connectivity index (χ4n) is 2.19. The maximum Gasteiger partial charge on any atom is 0.337 e. The molecule has 0 radical (unpaired) electrons. The lowest BCUT2D eigenvalue weighted by Gasteiger charge is -2.08. The number of hydrogen-bond acceptors (Lipinski definition) is 4. The van der Waals surface area contributed by atoms with E-state index < -0.39 is 12.0 Å². The maximum atomic E-state index is 12.0. The number of carbonyl (C=O) groups excluding carboxylic acids is 3. The van der Waals surface area contributed by atoms with Gasteiger partial charge in [0.15, 0.2) is 5.78 Å². The molecule has 2 rings (SSSR count). The van der Waals surface area contributed by atoms with E-state index in [0.717, 1.165) is 5.56 Å². The second kappa shape index (κ2) is 8.63. The Kier molecular flexibility index (Phi) is 6.28. The van der Waals surface area contributed by atoms with Crippen molar-refractivity contribution < 1.29 is 19.1 Å². The third kappa shape index (κ3) is 5.46. The van der Waals surface area contributed by atoms with Crippen molar-refractivity contribution >= 4 is 23.5 Å². The van der Waals surface area contributed by atoms with Crippen LogP contribution >= 0.6 is 0 Å². The average Bonchev–Trinajstić information content (AvgIpc) is 2.61. The molecule has 0 heterocycles. The number of nitrogens with one attached hydrogen (secondary N) is 2. The molecule has 2 amide bonds. The van der Waals surface area contributed by atoms with Gasteiger partial charge in [-0.15, -0.1) is 0 Å². The summed E-state index contributed by atoms with van der Waals surface area (Å²) in [4.78, 5) is 35.4. The lowest BCUT2D eigenvalue weighted by molar-refractivity contribution is 0.0600. The van der Waals surface area contributed by atoms with Crippen LogP contribution in [-0.2, 0) is 4.74 Å². The van der Waals surface area contributed by atoms with Crippen molar-refractivity contribution in [2.75, 3.05) is 19.0 Å². The highest BCUT2D eigenvalue weighted by molar-refractivity contribution is 5.97. The molecular formula is C19H20N2O4. The molecule has 0 fully saturated rings. The van der Waals surface area contributed by atoms with E-state index in [1.807, 2.05) is 19.1 Å². The van der Waals surface area contributed by atoms with Gasteiger partial charge in [-0.3, -0.25) is 4.79 Å². The van der Waals surface area contributed by atoms with E-state index in [1.165, 1.54) is 13.2 Å². The maximum absolute atomic E-state index is 12.0. The summed E-state index contributed by atoms with van der Waals surface area (Å²) in [7, 11) is 1.29. The van der Waals surface area contributed by atoms with Crippen LogP contribution in [0.2, 0.25) is 0 Å². The third-order valence-electron chi connectivity index (χ3n) is 3.55. The number of amides is 2. The normalized spacial score (nSPS) is 10.0. The summed E-state index contributed by atoms with van der Waals surface area (Å²) in [5, 5.41) is 5.23. The molecule has 6 nitrogen and oxygen atoms in total. The molecule has 2 N–H and O–H groups in total. The van der Waals surface area contributed by atoms with E-state index in [9.17, 15) is 14.4 Å². The molecule has 0 unspecified atom stereocenters. The number of esters is 1. The standard InChI is InChI=1S/C19H20N2O4/c1-13-6-8-14(9-7-13)17(22)10-11-20-19(24)21-16-5-3-4-15(12-16)18(23)25-2/h3-9,12H,10-11H2,1-2H3,(H2,20,21,24). The number of ether oxygens (including phenoxy) is 1. The van der Waals surface area contributed by atoms with Crippen molar-refractivity contribution in [1.29, 1.82) is 0 Å². The zero-order valence-corrected chi connectivity index (χ0v) is 14.2. The van der Waals surface area contributed by atoms with Crippen LogP contribution in [0.3, 0.4) is 0 Å². The van der Waals surface area contributed by atoms with E-state index >= 15 is 0 Å². The van der Waals surface area contributed by atoms with Crippen LogP contribution in [-0.4, -0.2) is 31.4 Å². The molecule has 130 valence electrons. The minimum atomic E-state index is -0.479. The molecule has 0 bridgehead atoms. The van der Waals surface area contributed by atoms with Gasteiger partial charge in [-0.1, -0.05) is 35.9 Å². The number of anilines is 1. The third-order valence-corrected chi connectivity index (χ3v) is 3.55. The van der Waals surface area contributed by atoms with E-state index in [0.29, 0.717) is 16.8 Å². The molecule has 0 saturated heterocycles. The van der Waals surface area contributed by atoms with E-state index in [1.54, 1.807) is 30.3 Å². The lowest BCUT2D eigenvalue weighted by Crippen LogP contribution is -2.30. The number of rotatable bonds is 6. The summed E-state index contributed by atoms with van der Waals surface area (Å²) in [6.07, 6.45) is 0.207. The monoisotopic (exact) mass is 340 g/mol. The SMILES string of the molecule is COC(=O)c1cccc(NC(=O)NCCC(=O)c2ccc(C)cc2)c1. The smallest absolute Gasteiger partial charge is 0.337 e. The molecule has 0 aliphatic carbocycles. The summed E-state index contributed by atoms with van der Waals surface area (Å²) < 4.78 is 4.63. The minimum absolute atomic E-state index is 0.0343. The van der Waals surface area contributed by atoms with Crippen LogP contribution in [0.5, 0.6) is 0 Å². The van der Waals surface area contributed by atoms with Gasteiger partial charge in [0.05, 0.1) is 12.7 Å². The van der Waals surface area contributed by atoms with Crippen molar-refractivity contribution in [3.05, 3.63) is 65.2 Å². The zero-order chi connectivity index (χ0) is 18.2. The molecule has 0 saturated carbocycles. The molecular weight excluding hydrogens is 320 g/mol. The number of aryl methyl sites for hydroxylation is 1. The molecule has 25 heavy (non-hydrogen) atoms. The second-order valence-corrected chi connectivity index (χ2v) is 5.49. The summed E-state index contributed by atoms with van der Waals surface area (Å²) in [5.74, 6) is -0.513. The number of hydrogen-bond donors (Lipinski definition) is 2. The van der Waals surface area contributed by atoms with Gasteiger partial charge in [-0.2, -0.15) is 0 Å². The fourth-order valence-corrected chi connectivity index (χ4v) is 2.19. The Morgan fingerprint density at radius 1 is 1.00 bits per heavy atom. The van der Waals surface area contributed by atoms with Gasteiger partial charge in [-0.05, 0) is 25.1 Å². The predicted octanol–water partition coefficient (Wildman–Crippen LogP) is 3.18. The average molecular weight is 340 g/mol. The van der Waals surface area contributed by atoms with Crippen LogP contribution < -0.4 is 10.6 Å². The quantitative estimate of drug-likeness (QED) is 0.625. The number of carbonyl (C=O) groups is 3. The van der Waals surface area contributed by atoms with Crippen LogP contribution in [0.25, 0.3) is 0 Å². The summed E-state index contributed by atoms with van der Waals surface area (Å²) >= 11 is 0. The summed E-state index contributed by atoms with van der Waals surface area (Å²) in [5.41, 5.74) is 2.52. The minimum Gasteiger partial charge on any atom is -0.465 e. The summed E-state index contributed by atoms with van der Waals surface area (Å²) in [6, 6.07) is 13.3. The van der Waals surface area contributed by atoms with Crippen molar-refractivity contribution in [1.82, 2.24) is 5.32 Å². The van der Waals surface area contributed by atoms with E-state index in [-0.39, 0.29) is 18.7 Å². The Labute approximate surface area is 146 Å². The van der Waals surface area contributed by atoms with Crippen molar-refractivity contribution in [3.63, 3.8) is 0 Å². The molecule has 0 atom stereocenters. The first-order valence-corrected chi connectivity index (χ1v) is 7.82. The van der Waals surface area contributed by atoms with Gasteiger partial charge in [0, 0.05) is 24.2 Å². The number of benzene rings is 2. The molecule has 0 aromatic heterocycles. The second-order valence-electron chi connectivity index (χ2n) is 5.49. The number of Topliss-reactive ketones (excluding diaryl/α,β-unsaturated/α-hetero) is 1. The molecule has 2 aromatic carbocycles. The molecule has 0 spiro atoms. The Balaban J connectivity index is 1.82. The first kappa shape index (κ1) is 18.2. The molecule has 6 heteroatoms. The van der Waals surface area contributed by atoms with Gasteiger partial charge in [0.2, 0.25) is 0 Å². The fraction of sp³-hybridized carbons (Fsp3) is 0.211. The first-order valence-electron chi connectivity index (χ1n) is 7.82. The van der Waals surface area contributed by atoms with Crippen molar-refractivity contribution in [2.24, 2.45) is 0 Å². The Bertz CT molecular complexity index is 769. The zero-order valence-electron chi connectivity index (χ0n) is 14.2. The summed E-state index contributed by atoms with van der Waals surface area (Å²) in [6.45, 7) is 2.17. The van der Waals surface area contributed by atoms with E-state index in [2.05, 4.69) is 15.4 Å². The topological polar surface area (TPSA) is 84.5 Å². The largest absolute Gasteiger partial charge is 0.465 e. The van der Waals surface area contributed by atoms with Gasteiger partial charge in [0.1, 0.15) is 0 Å². The Morgan fingerprint density at radius 2 is 1.72 bits per heavy atom. The highest BCUT2D eigenvalue weighted by atomic mass is 16.5. The van der Waals surface area contributed by atoms with Crippen molar-refractivity contribution in [3.8, 4) is 0 Å². The van der Waals surface area contributed by atoms with E-state index in [4.69, 9.17) is 0 Å². The molecule has 0 aliphatic rings.